The summed E-state index contributed by atoms with van der Waals surface area (Å²) in [4.78, 5) is 95.5. The number of nitrogens with two attached hydrogens (primary N) is 1. The maximum atomic E-state index is 13.8. The van der Waals surface area contributed by atoms with Crippen LogP contribution in [0.25, 0.3) is 0 Å². The smallest absolute Gasteiger partial charge is 0.328 e. The summed E-state index contributed by atoms with van der Waals surface area (Å²) >= 11 is 2.71. The highest BCUT2D eigenvalue weighted by molar-refractivity contribution is 8.00. The number of nitrogens with one attached hydrogen (secondary N) is 5. The van der Waals surface area contributed by atoms with Gasteiger partial charge in [-0.05, 0) is 89.8 Å². The summed E-state index contributed by atoms with van der Waals surface area (Å²) in [5.41, 5.74) is 0.490. The highest BCUT2D eigenvalue weighted by Crippen LogP contribution is 2.28. The predicted octanol–water partition coefficient (Wildman–Crippen LogP) is 3.17. The molecule has 3 rings (SSSR count). The Morgan fingerprint density at radius 3 is 2.05 bits per heavy atom. The second-order valence-electron chi connectivity index (χ2n) is 15.5. The molecule has 2 aliphatic rings. The molecule has 2 bridgehead atoms. The van der Waals surface area contributed by atoms with Crippen LogP contribution in [0.5, 0.6) is 5.75 Å². The summed E-state index contributed by atoms with van der Waals surface area (Å²) in [6.07, 6.45) is 1.88. The molecule has 0 saturated carbocycles. The monoisotopic (exact) mass is 910 g/mol. The standard InChI is InChI=1S/C43H70N6O11S2/c1-7-57-29(5)61-26-40(53)47-25-32(48-41(54)27-62-30(6)58-8-2)14-18-38(51)45-20-10-21-46-39(52)19-17-37(50)36-24-31-12-15-33(16-13-31)59-22-9-11-34(43(56)60-44)35(23-28(3)4)42(55)49-36/h12-13,15-16,28-30,32,34-36H,7-11,14,17-27,44H2,1-6H3,(H,45,51)(H,46,52)(H,47,53)(H,48,54)(H,49,55)/t29?,30?,32?,34-,35+,36-/m0/s1. The fraction of sp³-hybridized carbons (Fsp3) is 0.698. The fourth-order valence-corrected chi connectivity index (χ4v) is 8.10. The maximum absolute atomic E-state index is 13.8. The van der Waals surface area contributed by atoms with Crippen molar-refractivity contribution in [2.45, 2.75) is 122 Å². The summed E-state index contributed by atoms with van der Waals surface area (Å²) in [5, 5.41) is 14.2. The number of amides is 5. The van der Waals surface area contributed by atoms with E-state index in [0.29, 0.717) is 51.3 Å². The molecule has 5 amide bonds. The number of Topliss-reactive ketones (excluding diaryl/α,β-unsaturated/α-hetero) is 1. The molecule has 0 aliphatic carbocycles. The zero-order valence-electron chi connectivity index (χ0n) is 37.3. The van der Waals surface area contributed by atoms with E-state index in [-0.39, 0.29) is 109 Å². The number of thioether (sulfide) groups is 2. The number of carbonyl (C=O) groups excluding carboxylic acids is 7. The number of ether oxygens (including phenoxy) is 3. The maximum Gasteiger partial charge on any atom is 0.328 e. The van der Waals surface area contributed by atoms with E-state index >= 15 is 0 Å². The highest BCUT2D eigenvalue weighted by Gasteiger charge is 2.37. The van der Waals surface area contributed by atoms with Crippen molar-refractivity contribution >= 4 is 64.8 Å². The van der Waals surface area contributed by atoms with Gasteiger partial charge in [0.2, 0.25) is 29.5 Å². The van der Waals surface area contributed by atoms with E-state index in [2.05, 4.69) is 31.4 Å². The second kappa shape index (κ2) is 31.0. The van der Waals surface area contributed by atoms with Gasteiger partial charge in [0.05, 0.1) is 36.0 Å². The molecule has 0 radical (unpaired) electrons. The molecule has 3 unspecified atom stereocenters. The molecule has 19 heteroatoms. The van der Waals surface area contributed by atoms with Crippen LogP contribution < -0.4 is 37.2 Å². The third-order valence-electron chi connectivity index (χ3n) is 9.89. The molecule has 350 valence electrons. The lowest BCUT2D eigenvalue weighted by Gasteiger charge is -2.28. The van der Waals surface area contributed by atoms with Gasteiger partial charge in [0, 0.05) is 58.2 Å². The first kappa shape index (κ1) is 54.2. The van der Waals surface area contributed by atoms with Crippen molar-refractivity contribution in [3.05, 3.63) is 29.8 Å². The first-order valence-electron chi connectivity index (χ1n) is 21.7. The molecule has 0 spiro atoms. The van der Waals surface area contributed by atoms with Crippen LogP contribution in [0, 0.1) is 17.8 Å². The lowest BCUT2D eigenvalue weighted by molar-refractivity contribution is -0.154. The number of benzene rings is 1. The van der Waals surface area contributed by atoms with Gasteiger partial charge < -0.3 is 45.6 Å². The van der Waals surface area contributed by atoms with Gasteiger partial charge in [-0.3, -0.25) is 33.6 Å². The molecule has 7 N–H and O–H groups in total. The van der Waals surface area contributed by atoms with Gasteiger partial charge >= 0.3 is 5.97 Å². The van der Waals surface area contributed by atoms with Crippen LogP contribution in [-0.2, 0) is 54.3 Å². The van der Waals surface area contributed by atoms with E-state index in [1.807, 2.05) is 53.7 Å². The number of rotatable bonds is 27. The minimum Gasteiger partial charge on any atom is -0.494 e. The number of ketones is 1. The number of carbonyl (C=O) groups is 7. The lowest BCUT2D eigenvalue weighted by Crippen LogP contribution is -2.48. The number of hydrogen-bond acceptors (Lipinski definition) is 14. The summed E-state index contributed by atoms with van der Waals surface area (Å²) < 4.78 is 16.8. The Bertz CT molecular complexity index is 1550. The minimum atomic E-state index is -0.954. The molecule has 17 nitrogen and oxygen atoms in total. The normalized spacial score (nSPS) is 18.3. The summed E-state index contributed by atoms with van der Waals surface area (Å²) in [7, 11) is 0. The van der Waals surface area contributed by atoms with Crippen LogP contribution in [0.1, 0.15) is 98.5 Å². The summed E-state index contributed by atoms with van der Waals surface area (Å²) in [6, 6.07) is 5.79. The topological polar surface area (TPSA) is 243 Å². The minimum absolute atomic E-state index is 0.0545. The molecule has 1 aromatic rings. The van der Waals surface area contributed by atoms with Crippen LogP contribution >= 0.6 is 23.5 Å². The van der Waals surface area contributed by atoms with Crippen molar-refractivity contribution in [3.63, 3.8) is 0 Å². The average molecular weight is 911 g/mol. The first-order valence-corrected chi connectivity index (χ1v) is 23.8. The molecule has 0 fully saturated rings. The van der Waals surface area contributed by atoms with Crippen molar-refractivity contribution < 1.29 is 52.6 Å². The molecule has 62 heavy (non-hydrogen) atoms. The zero-order valence-corrected chi connectivity index (χ0v) is 38.9. The van der Waals surface area contributed by atoms with Gasteiger partial charge in [-0.25, -0.2) is 0 Å². The zero-order chi connectivity index (χ0) is 45.9. The van der Waals surface area contributed by atoms with Crippen molar-refractivity contribution in [1.82, 2.24) is 26.6 Å². The van der Waals surface area contributed by atoms with E-state index in [0.717, 1.165) is 5.56 Å². The predicted molar refractivity (Wildman–Crippen MR) is 240 cm³/mol. The lowest BCUT2D eigenvalue weighted by atomic mass is 9.81. The van der Waals surface area contributed by atoms with Gasteiger partial charge in [-0.2, -0.15) is 5.90 Å². The van der Waals surface area contributed by atoms with Gasteiger partial charge in [0.25, 0.3) is 0 Å². The van der Waals surface area contributed by atoms with Gasteiger partial charge in [0.1, 0.15) is 16.6 Å². The summed E-state index contributed by atoms with van der Waals surface area (Å²) in [5.74, 6) is 2.15. The highest BCUT2D eigenvalue weighted by atomic mass is 32.2. The average Bonchev–Trinajstić information content (AvgIpc) is 3.24. The van der Waals surface area contributed by atoms with Crippen LogP contribution in [0.4, 0.5) is 0 Å². The molecule has 6 atom stereocenters. The van der Waals surface area contributed by atoms with E-state index in [1.54, 1.807) is 12.1 Å². The van der Waals surface area contributed by atoms with Crippen molar-refractivity contribution in [3.8, 4) is 5.75 Å². The van der Waals surface area contributed by atoms with Crippen LogP contribution in [0.3, 0.4) is 0 Å². The van der Waals surface area contributed by atoms with E-state index in [4.69, 9.17) is 20.1 Å². The molecule has 2 heterocycles. The van der Waals surface area contributed by atoms with Crippen LogP contribution in [0.2, 0.25) is 0 Å². The van der Waals surface area contributed by atoms with E-state index < -0.39 is 35.8 Å². The number of hydrogen-bond donors (Lipinski definition) is 6. The van der Waals surface area contributed by atoms with E-state index in [1.165, 1.54) is 23.5 Å². The Labute approximate surface area is 375 Å². The third kappa shape index (κ3) is 23.0. The molecule has 1 aromatic carbocycles. The largest absolute Gasteiger partial charge is 0.494 e. The first-order chi connectivity index (χ1) is 29.6. The second-order valence-corrected chi connectivity index (χ2v) is 18.0. The number of fused-ring (bicyclic) bond motifs is 11. The Morgan fingerprint density at radius 2 is 1.45 bits per heavy atom. The Morgan fingerprint density at radius 1 is 0.839 bits per heavy atom. The van der Waals surface area contributed by atoms with Crippen LogP contribution in [0.15, 0.2) is 24.3 Å². The molecular formula is C43H70N6O11S2. The van der Waals surface area contributed by atoms with Crippen molar-refractivity contribution in [2.75, 3.05) is 51.0 Å². The van der Waals surface area contributed by atoms with Gasteiger partial charge in [0.15, 0.2) is 5.78 Å². The Hall–Kier alpha value is -3.91. The molecular weight excluding hydrogens is 841 g/mol. The van der Waals surface area contributed by atoms with Gasteiger partial charge in [-0.15, -0.1) is 23.5 Å². The molecule has 2 aliphatic heterocycles. The SMILES string of the molecule is CCOC(C)SCC(=O)NCC(CCC(=O)NCCCNC(=O)CCC(=O)[C@@H]1Cc2ccc(cc2)OCCC[C@H](C(=O)ON)[C@@H](CC(C)C)C(=O)N1)NC(=O)CSC(C)OCC. The third-order valence-corrected chi connectivity index (χ3v) is 12.0. The molecule has 0 saturated heterocycles. The Kier molecular flexibility index (Phi) is 27.1. The van der Waals surface area contributed by atoms with E-state index in [9.17, 15) is 33.6 Å². The van der Waals surface area contributed by atoms with Gasteiger partial charge in [-0.1, -0.05) is 26.0 Å². The molecule has 0 aromatic heterocycles. The van der Waals surface area contributed by atoms with Crippen molar-refractivity contribution in [2.24, 2.45) is 23.7 Å². The van der Waals surface area contributed by atoms with Crippen LogP contribution in [-0.4, -0.2) is 115 Å². The summed E-state index contributed by atoms with van der Waals surface area (Å²) in [6.45, 7) is 13.5. The fourth-order valence-electron chi connectivity index (χ4n) is 6.68. The Balaban J connectivity index is 1.90. The quantitative estimate of drug-likeness (QED) is 0.0422. The van der Waals surface area contributed by atoms with Crippen molar-refractivity contribution in [1.29, 1.82) is 0 Å².